The molecule has 3 heterocycles. The predicted molar refractivity (Wildman–Crippen MR) is 132 cm³/mol. The number of amides is 1. The van der Waals surface area contributed by atoms with Crippen molar-refractivity contribution in [2.75, 3.05) is 31.6 Å². The molecule has 1 N–H and O–H groups in total. The van der Waals surface area contributed by atoms with E-state index in [4.69, 9.17) is 9.47 Å². The van der Waals surface area contributed by atoms with Gasteiger partial charge >= 0.3 is 5.69 Å². The summed E-state index contributed by atoms with van der Waals surface area (Å²) in [5.41, 5.74) is -0.238. The molecule has 0 bridgehead atoms. The molecule has 11 heteroatoms. The van der Waals surface area contributed by atoms with Gasteiger partial charge in [-0.05, 0) is 57.5 Å². The number of fused-ring (bicyclic) bond motifs is 1. The molecule has 1 amide bonds. The summed E-state index contributed by atoms with van der Waals surface area (Å²) >= 11 is 0. The summed E-state index contributed by atoms with van der Waals surface area (Å²) < 4.78 is 43.7. The number of hydrogen-bond acceptors (Lipinski definition) is 6. The van der Waals surface area contributed by atoms with Crippen LogP contribution in [0.4, 0.5) is 14.5 Å². The summed E-state index contributed by atoms with van der Waals surface area (Å²) in [4.78, 5) is 28.4. The Balaban J connectivity index is 1.53. The van der Waals surface area contributed by atoms with E-state index in [-0.39, 0.29) is 35.4 Å². The van der Waals surface area contributed by atoms with Crippen LogP contribution in [-0.4, -0.2) is 57.5 Å². The van der Waals surface area contributed by atoms with E-state index in [0.29, 0.717) is 31.1 Å². The van der Waals surface area contributed by atoms with Crippen molar-refractivity contribution >= 4 is 11.6 Å². The number of nitrogens with one attached hydrogen (secondary N) is 1. The first-order valence-electron chi connectivity index (χ1n) is 12.4. The highest BCUT2D eigenvalue weighted by Gasteiger charge is 2.25. The molecule has 0 spiro atoms. The number of ether oxygens (including phenoxy) is 2. The zero-order chi connectivity index (χ0) is 26.1. The molecule has 5 rings (SSSR count). The van der Waals surface area contributed by atoms with Crippen LogP contribution < -0.4 is 15.7 Å². The zero-order valence-corrected chi connectivity index (χ0v) is 20.8. The van der Waals surface area contributed by atoms with E-state index in [1.807, 2.05) is 6.92 Å². The van der Waals surface area contributed by atoms with Crippen molar-refractivity contribution in [3.05, 3.63) is 69.4 Å². The summed E-state index contributed by atoms with van der Waals surface area (Å²) in [6, 6.07) is 6.74. The highest BCUT2D eigenvalue weighted by Crippen LogP contribution is 2.29. The number of likely N-dealkylation sites (tertiary alicyclic amines) is 1. The van der Waals surface area contributed by atoms with Crippen molar-refractivity contribution in [2.24, 2.45) is 0 Å². The Labute approximate surface area is 212 Å². The molecule has 2 aromatic carbocycles. The third-order valence-corrected chi connectivity index (χ3v) is 6.65. The van der Waals surface area contributed by atoms with Crippen LogP contribution in [-0.2, 0) is 17.9 Å². The van der Waals surface area contributed by atoms with Crippen molar-refractivity contribution in [1.29, 1.82) is 0 Å². The molecule has 0 saturated carbocycles. The molecule has 1 unspecified atom stereocenters. The fourth-order valence-corrected chi connectivity index (χ4v) is 4.78. The molecule has 37 heavy (non-hydrogen) atoms. The molecular weight excluding hydrogens is 484 g/mol. The van der Waals surface area contributed by atoms with Gasteiger partial charge in [-0.2, -0.15) is 4.68 Å². The number of anilines is 1. The van der Waals surface area contributed by atoms with Gasteiger partial charge in [0.2, 0.25) is 0 Å². The fraction of sp³-hybridized carbons (Fsp3) is 0.423. The van der Waals surface area contributed by atoms with E-state index in [1.54, 1.807) is 13.0 Å². The lowest BCUT2D eigenvalue weighted by Crippen LogP contribution is -2.32. The smallest absolute Gasteiger partial charge is 0.350 e. The third-order valence-electron chi connectivity index (χ3n) is 6.65. The second-order valence-electron chi connectivity index (χ2n) is 9.44. The minimum atomic E-state index is -0.839. The minimum Gasteiger partial charge on any atom is -0.488 e. The SMILES string of the molecule is Cc1cccc(F)c1NC(=O)c1cc(F)c(-n2nc3n(c2=O)CCOC3)cc1OC(C)CN1CCCC1. The van der Waals surface area contributed by atoms with Crippen LogP contribution >= 0.6 is 0 Å². The van der Waals surface area contributed by atoms with Crippen molar-refractivity contribution in [3.8, 4) is 11.4 Å². The number of aryl methyl sites for hydroxylation is 1. The lowest BCUT2D eigenvalue weighted by Gasteiger charge is -2.23. The molecule has 2 aliphatic rings. The quantitative estimate of drug-likeness (QED) is 0.522. The topological polar surface area (TPSA) is 90.6 Å². The van der Waals surface area contributed by atoms with Gasteiger partial charge in [0.15, 0.2) is 5.82 Å². The number of halogens is 2. The van der Waals surface area contributed by atoms with E-state index < -0.39 is 23.2 Å². The van der Waals surface area contributed by atoms with E-state index in [9.17, 15) is 14.0 Å². The molecule has 0 radical (unpaired) electrons. The van der Waals surface area contributed by atoms with Crippen LogP contribution in [0.25, 0.3) is 5.69 Å². The van der Waals surface area contributed by atoms with Gasteiger partial charge in [-0.3, -0.25) is 14.3 Å². The molecule has 196 valence electrons. The number of para-hydroxylation sites is 1. The second kappa shape index (κ2) is 10.4. The van der Waals surface area contributed by atoms with Crippen molar-refractivity contribution in [1.82, 2.24) is 19.2 Å². The highest BCUT2D eigenvalue weighted by molar-refractivity contribution is 6.06. The van der Waals surface area contributed by atoms with Gasteiger partial charge in [0, 0.05) is 12.6 Å². The molecule has 0 aliphatic carbocycles. The predicted octanol–water partition coefficient (Wildman–Crippen LogP) is 3.27. The first-order valence-corrected chi connectivity index (χ1v) is 12.4. The van der Waals surface area contributed by atoms with Crippen molar-refractivity contribution in [3.63, 3.8) is 0 Å². The fourth-order valence-electron chi connectivity index (χ4n) is 4.78. The maximum Gasteiger partial charge on any atom is 0.350 e. The van der Waals surface area contributed by atoms with Crippen molar-refractivity contribution in [2.45, 2.75) is 45.9 Å². The van der Waals surface area contributed by atoms with Gasteiger partial charge in [-0.25, -0.2) is 13.6 Å². The lowest BCUT2D eigenvalue weighted by molar-refractivity contribution is 0.0805. The summed E-state index contributed by atoms with van der Waals surface area (Å²) in [6.45, 7) is 6.88. The summed E-state index contributed by atoms with van der Waals surface area (Å²) in [5, 5.41) is 6.78. The van der Waals surface area contributed by atoms with E-state index in [2.05, 4.69) is 15.3 Å². The Morgan fingerprint density at radius 3 is 2.70 bits per heavy atom. The zero-order valence-electron chi connectivity index (χ0n) is 20.8. The largest absolute Gasteiger partial charge is 0.488 e. The summed E-state index contributed by atoms with van der Waals surface area (Å²) in [6.07, 6.45) is 1.89. The molecule has 1 aromatic heterocycles. The third kappa shape index (κ3) is 5.14. The molecule has 3 aromatic rings. The number of carbonyl (C=O) groups excluding carboxylic acids is 1. The van der Waals surface area contributed by atoms with Crippen LogP contribution in [0.2, 0.25) is 0 Å². The normalized spacial score (nSPS) is 16.4. The number of rotatable bonds is 7. The maximum atomic E-state index is 15.4. The average Bonchev–Trinajstić information content (AvgIpc) is 3.50. The second-order valence-corrected chi connectivity index (χ2v) is 9.44. The molecule has 1 atom stereocenters. The average molecular weight is 514 g/mol. The Kier molecular flexibility index (Phi) is 7.07. The Morgan fingerprint density at radius 2 is 1.97 bits per heavy atom. The van der Waals surface area contributed by atoms with E-state index >= 15 is 4.39 Å². The number of benzene rings is 2. The number of hydrogen-bond donors (Lipinski definition) is 1. The highest BCUT2D eigenvalue weighted by atomic mass is 19.1. The van der Waals surface area contributed by atoms with Gasteiger partial charge in [-0.15, -0.1) is 5.10 Å². The van der Waals surface area contributed by atoms with E-state index in [0.717, 1.165) is 36.7 Å². The van der Waals surface area contributed by atoms with Gasteiger partial charge in [0.25, 0.3) is 5.91 Å². The van der Waals surface area contributed by atoms with Gasteiger partial charge < -0.3 is 14.8 Å². The van der Waals surface area contributed by atoms with Gasteiger partial charge in [0.1, 0.15) is 35.8 Å². The van der Waals surface area contributed by atoms with Crippen LogP contribution in [0, 0.1) is 18.6 Å². The standard InChI is InChI=1S/C26H29F2N5O4/c1-16-6-5-7-19(27)24(16)29-25(34)18-12-20(28)21(33-26(35)32-10-11-36-15-23(32)30-33)13-22(18)37-17(2)14-31-8-3-4-9-31/h5-7,12-13,17H,3-4,8-11,14-15H2,1-2H3,(H,29,34). The van der Waals surface area contributed by atoms with Crippen LogP contribution in [0.3, 0.4) is 0 Å². The first-order chi connectivity index (χ1) is 17.8. The Morgan fingerprint density at radius 1 is 1.19 bits per heavy atom. The Hall–Kier alpha value is -3.57. The number of nitrogens with zero attached hydrogens (tertiary/aromatic N) is 4. The molecule has 1 fully saturated rings. The van der Waals surface area contributed by atoms with Crippen LogP contribution in [0.1, 0.15) is 41.5 Å². The number of aromatic nitrogens is 3. The van der Waals surface area contributed by atoms with Gasteiger partial charge in [-0.1, -0.05) is 12.1 Å². The summed E-state index contributed by atoms with van der Waals surface area (Å²) in [5.74, 6) is -1.71. The van der Waals surface area contributed by atoms with Crippen LogP contribution in [0.15, 0.2) is 35.1 Å². The summed E-state index contributed by atoms with van der Waals surface area (Å²) in [7, 11) is 0. The monoisotopic (exact) mass is 513 g/mol. The molecule has 1 saturated heterocycles. The number of carbonyl (C=O) groups is 1. The minimum absolute atomic E-state index is 0.00560. The Bertz CT molecular complexity index is 1360. The van der Waals surface area contributed by atoms with Gasteiger partial charge in [0.05, 0.1) is 24.4 Å². The molecule has 2 aliphatic heterocycles. The van der Waals surface area contributed by atoms with Crippen molar-refractivity contribution < 1.29 is 23.0 Å². The lowest BCUT2D eigenvalue weighted by atomic mass is 10.1. The molecule has 9 nitrogen and oxygen atoms in total. The first kappa shape index (κ1) is 25.1. The maximum absolute atomic E-state index is 15.4. The van der Waals surface area contributed by atoms with Crippen LogP contribution in [0.5, 0.6) is 5.75 Å². The molecular formula is C26H29F2N5O4. The van der Waals surface area contributed by atoms with E-state index in [1.165, 1.54) is 22.8 Å².